The quantitative estimate of drug-likeness (QED) is 0.333. The number of tetrazole rings is 2. The van der Waals surface area contributed by atoms with E-state index in [1.165, 1.54) is 23.4 Å². The number of amides is 1. The van der Waals surface area contributed by atoms with Crippen LogP contribution in [0.15, 0.2) is 21.6 Å². The van der Waals surface area contributed by atoms with E-state index in [1.807, 2.05) is 0 Å². The summed E-state index contributed by atoms with van der Waals surface area (Å²) in [5.41, 5.74) is -0.625. The Bertz CT molecular complexity index is 1330. The summed E-state index contributed by atoms with van der Waals surface area (Å²) in [7, 11) is 0.342. The molecule has 1 unspecified atom stereocenters. The molecule has 1 fully saturated rings. The zero-order chi connectivity index (χ0) is 25.9. The molecule has 0 N–H and O–H groups in total. The van der Waals surface area contributed by atoms with Gasteiger partial charge in [-0.2, -0.15) is 0 Å². The van der Waals surface area contributed by atoms with Crippen molar-refractivity contribution in [2.75, 3.05) is 12.9 Å². The minimum absolute atomic E-state index is 0.0214. The van der Waals surface area contributed by atoms with Crippen LogP contribution in [0.2, 0.25) is 0 Å². The zero-order valence-electron chi connectivity index (χ0n) is 20.2. The molecular weight excluding hydrogens is 518 g/mol. The van der Waals surface area contributed by atoms with Crippen molar-refractivity contribution in [3.63, 3.8) is 0 Å². The summed E-state index contributed by atoms with van der Waals surface area (Å²) in [5, 5.41) is 22.0. The molecule has 17 heteroatoms. The molecule has 1 amide bonds. The molecule has 3 atom stereocenters. The average Bonchev–Trinajstić information content (AvgIpc) is 3.36. The predicted molar refractivity (Wildman–Crippen MR) is 124 cm³/mol. The van der Waals surface area contributed by atoms with Crippen molar-refractivity contribution in [1.82, 2.24) is 45.3 Å². The monoisotopic (exact) mass is 543 g/mol. The lowest BCUT2D eigenvalue weighted by Crippen LogP contribution is -2.74. The third-order valence-corrected chi connectivity index (χ3v) is 11.4. The van der Waals surface area contributed by atoms with Gasteiger partial charge in [0.2, 0.25) is 10.3 Å². The summed E-state index contributed by atoms with van der Waals surface area (Å²) in [6.45, 7) is 6.65. The SMILES string of the molecule is CO[C@H]1C(=O)N2C(C(=O)C(C)(C)C)=C(CSc3nnnn3C)C(C)(Sc3nnnn3C)S(=O)(=O)[C@@H]12. The molecule has 2 aliphatic heterocycles. The Morgan fingerprint density at radius 3 is 2.17 bits per heavy atom. The van der Waals surface area contributed by atoms with Crippen molar-refractivity contribution in [1.29, 1.82) is 0 Å². The Kier molecular flexibility index (Phi) is 6.34. The van der Waals surface area contributed by atoms with Gasteiger partial charge in [-0.25, -0.2) is 17.8 Å². The molecule has 0 bridgehead atoms. The van der Waals surface area contributed by atoms with Gasteiger partial charge in [0, 0.05) is 32.4 Å². The summed E-state index contributed by atoms with van der Waals surface area (Å²) < 4.78 is 34.6. The van der Waals surface area contributed by atoms with Crippen molar-refractivity contribution in [3.8, 4) is 0 Å². The number of ether oxygens (including phenoxy) is 1. The van der Waals surface area contributed by atoms with Crippen LogP contribution in [0, 0.1) is 5.41 Å². The highest BCUT2D eigenvalue weighted by Gasteiger charge is 2.68. The molecule has 35 heavy (non-hydrogen) atoms. The van der Waals surface area contributed by atoms with E-state index in [0.29, 0.717) is 5.16 Å². The van der Waals surface area contributed by atoms with Crippen molar-refractivity contribution in [2.45, 2.75) is 53.6 Å². The van der Waals surface area contributed by atoms with E-state index in [0.717, 1.165) is 28.4 Å². The first-order valence-electron chi connectivity index (χ1n) is 10.4. The van der Waals surface area contributed by atoms with Gasteiger partial charge in [0.15, 0.2) is 27.1 Å². The van der Waals surface area contributed by atoms with E-state index >= 15 is 0 Å². The van der Waals surface area contributed by atoms with Crippen LogP contribution >= 0.6 is 23.5 Å². The number of thioether (sulfide) groups is 2. The number of aromatic nitrogens is 8. The molecule has 0 spiro atoms. The molecule has 2 aliphatic rings. The molecule has 0 saturated carbocycles. The molecule has 4 rings (SSSR count). The van der Waals surface area contributed by atoms with Crippen LogP contribution in [0.3, 0.4) is 0 Å². The van der Waals surface area contributed by atoms with Gasteiger partial charge in [-0.3, -0.25) is 14.5 Å². The molecule has 0 radical (unpaired) electrons. The van der Waals surface area contributed by atoms with Crippen molar-refractivity contribution in [2.24, 2.45) is 19.5 Å². The first-order valence-corrected chi connectivity index (χ1v) is 13.7. The fourth-order valence-corrected chi connectivity index (χ4v) is 8.92. The normalized spacial score (nSPS) is 26.0. The summed E-state index contributed by atoms with van der Waals surface area (Å²) in [4.78, 5) is 27.9. The summed E-state index contributed by atoms with van der Waals surface area (Å²) in [5.74, 6) is -0.924. The maximum Gasteiger partial charge on any atom is 0.260 e. The standard InChI is InChI=1S/C18H25N9O5S3/c1-17(2,3)12(28)10-9(8-33-15-19-21-23-25(15)5)18(4,34-16-20-22-24-26(16)6)35(30,31)14-11(32-7)13(29)27(10)14/h11,14H,8H2,1-7H3/t11-,14-,18?/m0/s1. The zero-order valence-corrected chi connectivity index (χ0v) is 22.6. The maximum atomic E-state index is 14.1. The Morgan fingerprint density at radius 1 is 1.11 bits per heavy atom. The number of ketones is 1. The van der Waals surface area contributed by atoms with E-state index in [9.17, 15) is 18.0 Å². The van der Waals surface area contributed by atoms with Gasteiger partial charge in [0.05, 0.1) is 5.70 Å². The van der Waals surface area contributed by atoms with E-state index in [-0.39, 0.29) is 28.0 Å². The number of nitrogens with zero attached hydrogens (tertiary/aromatic N) is 9. The number of β-lactam (4-membered cyclic amide) rings is 1. The summed E-state index contributed by atoms with van der Waals surface area (Å²) >= 11 is 2.06. The number of Topliss-reactive ketones (excluding diaryl/α,β-unsaturated/α-hetero) is 1. The van der Waals surface area contributed by atoms with Gasteiger partial charge in [-0.1, -0.05) is 44.3 Å². The first-order chi connectivity index (χ1) is 16.3. The number of carbonyl (C=O) groups excluding carboxylic acids is 2. The Balaban J connectivity index is 1.97. The molecule has 4 heterocycles. The lowest BCUT2D eigenvalue weighted by atomic mass is 9.85. The number of hydrogen-bond acceptors (Lipinski definition) is 13. The molecule has 1 saturated heterocycles. The fourth-order valence-electron chi connectivity index (χ4n) is 3.84. The van der Waals surface area contributed by atoms with Crippen LogP contribution in [-0.2, 0) is 38.3 Å². The number of methoxy groups -OCH3 is 1. The van der Waals surface area contributed by atoms with Crippen LogP contribution in [0.5, 0.6) is 0 Å². The van der Waals surface area contributed by atoms with Crippen LogP contribution in [0.1, 0.15) is 27.7 Å². The molecule has 0 aromatic carbocycles. The largest absolute Gasteiger partial charge is 0.368 e. The minimum Gasteiger partial charge on any atom is -0.368 e. The Hall–Kier alpha value is -2.37. The van der Waals surface area contributed by atoms with E-state index in [1.54, 1.807) is 34.9 Å². The number of carbonyl (C=O) groups is 2. The van der Waals surface area contributed by atoms with Crippen molar-refractivity contribution < 1.29 is 22.7 Å². The highest BCUT2D eigenvalue weighted by molar-refractivity contribution is 8.15. The molecule has 0 aliphatic carbocycles. The topological polar surface area (TPSA) is 168 Å². The lowest BCUT2D eigenvalue weighted by molar-refractivity contribution is -0.161. The second-order valence-corrected chi connectivity index (χ2v) is 14.2. The predicted octanol–water partition coefficient (Wildman–Crippen LogP) is -0.185. The van der Waals surface area contributed by atoms with E-state index in [2.05, 4.69) is 31.1 Å². The number of sulfone groups is 1. The molecule has 14 nitrogen and oxygen atoms in total. The Morgan fingerprint density at radius 2 is 1.69 bits per heavy atom. The first kappa shape index (κ1) is 25.7. The molecule has 2 aromatic heterocycles. The van der Waals surface area contributed by atoms with E-state index in [4.69, 9.17) is 4.74 Å². The summed E-state index contributed by atoms with van der Waals surface area (Å²) in [6.07, 6.45) is -1.22. The number of fused-ring (bicyclic) bond motifs is 1. The van der Waals surface area contributed by atoms with Crippen LogP contribution in [0.4, 0.5) is 0 Å². The number of allylic oxidation sites excluding steroid dienone is 1. The fraction of sp³-hybridized carbons (Fsp3) is 0.667. The van der Waals surface area contributed by atoms with Gasteiger partial charge < -0.3 is 4.74 Å². The van der Waals surface area contributed by atoms with Gasteiger partial charge in [-0.05, 0) is 33.4 Å². The smallest absolute Gasteiger partial charge is 0.260 e. The second-order valence-electron chi connectivity index (χ2n) is 9.21. The minimum atomic E-state index is -4.16. The van der Waals surface area contributed by atoms with Crippen LogP contribution in [0.25, 0.3) is 0 Å². The highest BCUT2D eigenvalue weighted by atomic mass is 32.3. The number of hydrogen-bond donors (Lipinski definition) is 0. The maximum absolute atomic E-state index is 14.1. The second kappa shape index (κ2) is 8.63. The average molecular weight is 544 g/mol. The summed E-state index contributed by atoms with van der Waals surface area (Å²) in [6, 6.07) is 0. The Labute approximate surface area is 210 Å². The van der Waals surface area contributed by atoms with Crippen molar-refractivity contribution in [3.05, 3.63) is 11.3 Å². The highest BCUT2D eigenvalue weighted by Crippen LogP contribution is 2.54. The molecule has 2 aromatic rings. The van der Waals surface area contributed by atoms with Gasteiger partial charge in [-0.15, -0.1) is 10.2 Å². The van der Waals surface area contributed by atoms with Gasteiger partial charge in [0.1, 0.15) is 4.08 Å². The third kappa shape index (κ3) is 3.88. The van der Waals surface area contributed by atoms with Gasteiger partial charge in [0.25, 0.3) is 5.91 Å². The number of rotatable bonds is 7. The van der Waals surface area contributed by atoms with E-state index < -0.39 is 36.7 Å². The van der Waals surface area contributed by atoms with Crippen LogP contribution in [-0.4, -0.2) is 93.8 Å². The van der Waals surface area contributed by atoms with Crippen LogP contribution < -0.4 is 0 Å². The molecular formula is C18H25N9O5S3. The lowest BCUT2D eigenvalue weighted by Gasteiger charge is -2.54. The third-order valence-electron chi connectivity index (χ3n) is 5.87. The van der Waals surface area contributed by atoms with Gasteiger partial charge >= 0.3 is 0 Å². The number of aryl methyl sites for hydroxylation is 2. The van der Waals surface area contributed by atoms with Crippen molar-refractivity contribution >= 4 is 45.1 Å². The molecule has 190 valence electrons.